The number of carbonyl (C=O) groups excluding carboxylic acids is 2. The first-order valence-corrected chi connectivity index (χ1v) is 12.5. The molecule has 6 heteroatoms. The minimum atomic E-state index is 0.0268. The second-order valence-corrected chi connectivity index (χ2v) is 10.2. The summed E-state index contributed by atoms with van der Waals surface area (Å²) < 4.78 is 0. The number of fused-ring (bicyclic) bond motifs is 2. The highest BCUT2D eigenvalue weighted by Crippen LogP contribution is 2.33. The number of carbonyl (C=O) groups is 2. The van der Waals surface area contributed by atoms with Crippen LogP contribution in [0.1, 0.15) is 50.5 Å². The van der Waals surface area contributed by atoms with Gasteiger partial charge in [0.2, 0.25) is 5.91 Å². The van der Waals surface area contributed by atoms with Gasteiger partial charge in [0, 0.05) is 50.1 Å². The van der Waals surface area contributed by atoms with Gasteiger partial charge in [0.25, 0.3) is 5.91 Å². The van der Waals surface area contributed by atoms with Crippen LogP contribution >= 0.6 is 11.3 Å². The minimum Gasteiger partial charge on any atom is -0.355 e. The molecule has 0 spiro atoms. The van der Waals surface area contributed by atoms with Gasteiger partial charge in [0.15, 0.2) is 0 Å². The number of thiophene rings is 1. The average molecular weight is 438 g/mol. The predicted octanol–water partition coefficient (Wildman–Crippen LogP) is 3.26. The Labute approximate surface area is 188 Å². The molecule has 0 radical (unpaired) electrons. The third kappa shape index (κ3) is 4.55. The minimum absolute atomic E-state index is 0.0268. The molecular formula is C25H31N3O2S. The summed E-state index contributed by atoms with van der Waals surface area (Å²) in [5.74, 6) is 0.376. The van der Waals surface area contributed by atoms with Crippen molar-refractivity contribution in [3.05, 3.63) is 56.8 Å². The molecule has 0 unspecified atom stereocenters. The van der Waals surface area contributed by atoms with E-state index in [1.165, 1.54) is 21.6 Å². The van der Waals surface area contributed by atoms with Gasteiger partial charge in [-0.3, -0.25) is 14.5 Å². The normalized spacial score (nSPS) is 20.9. The SMILES string of the molecule is O=C(NCCN1CCc2ccccc2C1)[C@H]1CCc2sc(C(=O)N3CCCC3)cc2C1. The van der Waals surface area contributed by atoms with Crippen LogP contribution in [0.25, 0.3) is 0 Å². The number of benzene rings is 1. The Hall–Kier alpha value is -2.18. The quantitative estimate of drug-likeness (QED) is 0.781. The molecule has 2 amide bonds. The Morgan fingerprint density at radius 1 is 1.03 bits per heavy atom. The zero-order valence-corrected chi connectivity index (χ0v) is 18.9. The Balaban J connectivity index is 1.11. The van der Waals surface area contributed by atoms with Crippen molar-refractivity contribution in [1.82, 2.24) is 15.1 Å². The van der Waals surface area contributed by atoms with Crippen molar-refractivity contribution in [2.75, 3.05) is 32.7 Å². The number of nitrogens with one attached hydrogen (secondary N) is 1. The van der Waals surface area contributed by atoms with Crippen LogP contribution in [-0.2, 0) is 30.6 Å². The van der Waals surface area contributed by atoms with Crippen molar-refractivity contribution >= 4 is 23.2 Å². The molecule has 1 aromatic carbocycles. The zero-order chi connectivity index (χ0) is 21.2. The molecule has 0 saturated carbocycles. The number of amides is 2. The van der Waals surface area contributed by atoms with E-state index in [4.69, 9.17) is 0 Å². The van der Waals surface area contributed by atoms with Gasteiger partial charge in [-0.05, 0) is 61.3 Å². The molecule has 2 aliphatic heterocycles. The van der Waals surface area contributed by atoms with Gasteiger partial charge < -0.3 is 10.2 Å². The summed E-state index contributed by atoms with van der Waals surface area (Å²) in [6.45, 7) is 5.39. The number of aryl methyl sites for hydroxylation is 1. The van der Waals surface area contributed by atoms with E-state index in [1.807, 2.05) is 4.90 Å². The summed E-state index contributed by atoms with van der Waals surface area (Å²) in [4.78, 5) is 32.1. The fourth-order valence-corrected chi connectivity index (χ4v) is 6.33. The second-order valence-electron chi connectivity index (χ2n) is 9.08. The van der Waals surface area contributed by atoms with Crippen LogP contribution in [0.4, 0.5) is 0 Å². The average Bonchev–Trinajstić information content (AvgIpc) is 3.48. The van der Waals surface area contributed by atoms with Crippen molar-refractivity contribution in [2.24, 2.45) is 5.92 Å². The maximum Gasteiger partial charge on any atom is 0.263 e. The fourth-order valence-electron chi connectivity index (χ4n) is 5.16. The number of hydrogen-bond acceptors (Lipinski definition) is 4. The van der Waals surface area contributed by atoms with Gasteiger partial charge in [-0.15, -0.1) is 11.3 Å². The van der Waals surface area contributed by atoms with Crippen LogP contribution in [0.15, 0.2) is 30.3 Å². The molecule has 5 rings (SSSR count). The molecule has 1 aromatic heterocycles. The number of nitrogens with zero attached hydrogens (tertiary/aromatic N) is 2. The summed E-state index contributed by atoms with van der Waals surface area (Å²) in [6.07, 6.45) is 5.88. The van der Waals surface area contributed by atoms with Crippen molar-refractivity contribution in [3.63, 3.8) is 0 Å². The van der Waals surface area contributed by atoms with Gasteiger partial charge in [-0.2, -0.15) is 0 Å². The third-order valence-electron chi connectivity index (χ3n) is 6.99. The maximum absolute atomic E-state index is 12.8. The molecule has 3 heterocycles. The van der Waals surface area contributed by atoms with Crippen molar-refractivity contribution in [2.45, 2.75) is 45.1 Å². The first-order valence-electron chi connectivity index (χ1n) is 11.6. The summed E-state index contributed by atoms with van der Waals surface area (Å²) in [7, 11) is 0. The first-order chi connectivity index (χ1) is 15.2. The molecule has 1 N–H and O–H groups in total. The zero-order valence-electron chi connectivity index (χ0n) is 18.1. The number of rotatable bonds is 5. The first kappa shape index (κ1) is 20.7. The monoisotopic (exact) mass is 437 g/mol. The Kier molecular flexibility index (Phi) is 6.10. The van der Waals surface area contributed by atoms with E-state index >= 15 is 0 Å². The van der Waals surface area contributed by atoms with Crippen LogP contribution < -0.4 is 5.32 Å². The standard InChI is InChI=1S/C25H31N3O2S/c29-24(26-10-14-27-13-9-18-5-1-2-6-20(18)17-27)19-7-8-22-21(15-19)16-23(31-22)25(30)28-11-3-4-12-28/h1-2,5-6,16,19H,3-4,7-15,17H2,(H,26,29)/t19-/m0/s1. The van der Waals surface area contributed by atoms with E-state index < -0.39 is 0 Å². The summed E-state index contributed by atoms with van der Waals surface area (Å²) in [6, 6.07) is 10.7. The Bertz CT molecular complexity index is 963. The van der Waals surface area contributed by atoms with Crippen molar-refractivity contribution in [1.29, 1.82) is 0 Å². The van der Waals surface area contributed by atoms with Gasteiger partial charge in [-0.25, -0.2) is 0 Å². The largest absolute Gasteiger partial charge is 0.355 e. The van der Waals surface area contributed by atoms with Gasteiger partial charge >= 0.3 is 0 Å². The molecule has 1 atom stereocenters. The lowest BCUT2D eigenvalue weighted by atomic mass is 9.87. The molecule has 31 heavy (non-hydrogen) atoms. The highest BCUT2D eigenvalue weighted by Gasteiger charge is 2.29. The van der Waals surface area contributed by atoms with E-state index in [0.717, 1.165) is 76.1 Å². The fraction of sp³-hybridized carbons (Fsp3) is 0.520. The van der Waals surface area contributed by atoms with Gasteiger partial charge in [0.1, 0.15) is 0 Å². The lowest BCUT2D eigenvalue weighted by Crippen LogP contribution is -2.40. The molecule has 1 saturated heterocycles. The summed E-state index contributed by atoms with van der Waals surface area (Å²) in [5, 5.41) is 3.18. The number of hydrogen-bond donors (Lipinski definition) is 1. The van der Waals surface area contributed by atoms with Crippen molar-refractivity contribution < 1.29 is 9.59 Å². The van der Waals surface area contributed by atoms with E-state index in [2.05, 4.69) is 40.5 Å². The highest BCUT2D eigenvalue weighted by atomic mass is 32.1. The summed E-state index contributed by atoms with van der Waals surface area (Å²) in [5.41, 5.74) is 4.09. The molecule has 164 valence electrons. The second kappa shape index (κ2) is 9.13. The lowest BCUT2D eigenvalue weighted by Gasteiger charge is -2.29. The van der Waals surface area contributed by atoms with Crippen LogP contribution in [0.3, 0.4) is 0 Å². The maximum atomic E-state index is 12.8. The van der Waals surface area contributed by atoms with E-state index in [9.17, 15) is 9.59 Å². The molecule has 3 aliphatic rings. The Morgan fingerprint density at radius 3 is 2.68 bits per heavy atom. The molecule has 0 bridgehead atoms. The highest BCUT2D eigenvalue weighted by molar-refractivity contribution is 7.14. The van der Waals surface area contributed by atoms with Crippen LogP contribution in [0.5, 0.6) is 0 Å². The van der Waals surface area contributed by atoms with Gasteiger partial charge in [0.05, 0.1) is 4.88 Å². The van der Waals surface area contributed by atoms with Crippen LogP contribution in [-0.4, -0.2) is 54.3 Å². The topological polar surface area (TPSA) is 52.7 Å². The third-order valence-corrected chi connectivity index (χ3v) is 8.22. The molecule has 1 aliphatic carbocycles. The lowest BCUT2D eigenvalue weighted by molar-refractivity contribution is -0.125. The molecule has 2 aromatic rings. The molecule has 5 nitrogen and oxygen atoms in total. The Morgan fingerprint density at radius 2 is 1.84 bits per heavy atom. The molecular weight excluding hydrogens is 406 g/mol. The summed E-state index contributed by atoms with van der Waals surface area (Å²) >= 11 is 1.65. The van der Waals surface area contributed by atoms with Crippen molar-refractivity contribution in [3.8, 4) is 0 Å². The van der Waals surface area contributed by atoms with Crippen LogP contribution in [0.2, 0.25) is 0 Å². The van der Waals surface area contributed by atoms with E-state index in [-0.39, 0.29) is 17.7 Å². The van der Waals surface area contributed by atoms with Crippen LogP contribution in [0, 0.1) is 5.92 Å². The molecule has 1 fully saturated rings. The predicted molar refractivity (Wildman–Crippen MR) is 123 cm³/mol. The van der Waals surface area contributed by atoms with E-state index in [1.54, 1.807) is 11.3 Å². The number of likely N-dealkylation sites (tertiary alicyclic amines) is 1. The smallest absolute Gasteiger partial charge is 0.263 e. The van der Waals surface area contributed by atoms with Gasteiger partial charge in [-0.1, -0.05) is 24.3 Å². The van der Waals surface area contributed by atoms with E-state index in [0.29, 0.717) is 6.54 Å².